The second-order valence-electron chi connectivity index (χ2n) is 7.98. The van der Waals surface area contributed by atoms with Crippen LogP contribution in [0.2, 0.25) is 5.02 Å². The van der Waals surface area contributed by atoms with E-state index >= 15 is 0 Å². The zero-order valence-corrected chi connectivity index (χ0v) is 20.4. The SMILES string of the molecule is COc1ccc(-c2nc3ccccc3c(=O)n2N=Cc2ccccc2OC(=O)c2ccc(Cl)cc2)cc1. The molecule has 0 aliphatic heterocycles. The lowest BCUT2D eigenvalue weighted by Crippen LogP contribution is -2.20. The Labute approximate surface area is 217 Å². The number of para-hydroxylation sites is 2. The van der Waals surface area contributed by atoms with Gasteiger partial charge >= 0.3 is 5.97 Å². The van der Waals surface area contributed by atoms with E-state index < -0.39 is 5.97 Å². The summed E-state index contributed by atoms with van der Waals surface area (Å²) in [6, 6.07) is 27.6. The van der Waals surface area contributed by atoms with Gasteiger partial charge in [-0.25, -0.2) is 9.78 Å². The first-order valence-corrected chi connectivity index (χ1v) is 11.7. The Hall–Kier alpha value is -4.75. The summed E-state index contributed by atoms with van der Waals surface area (Å²) < 4.78 is 12.1. The molecule has 37 heavy (non-hydrogen) atoms. The van der Waals surface area contributed by atoms with Crippen LogP contribution in [-0.2, 0) is 0 Å². The summed E-state index contributed by atoms with van der Waals surface area (Å²) in [6.45, 7) is 0. The quantitative estimate of drug-likeness (QED) is 0.163. The van der Waals surface area contributed by atoms with Crippen molar-refractivity contribution in [2.24, 2.45) is 5.10 Å². The molecule has 0 bridgehead atoms. The molecule has 5 rings (SSSR count). The average Bonchev–Trinajstić information content (AvgIpc) is 2.93. The molecule has 0 radical (unpaired) electrons. The summed E-state index contributed by atoms with van der Waals surface area (Å²) in [7, 11) is 1.58. The standard InChI is InChI=1S/C29H20ClN3O4/c1-36-23-16-12-19(13-17-23)27-32-25-8-4-3-7-24(25)28(34)33(27)31-18-21-6-2-5-9-26(21)37-29(35)20-10-14-22(30)15-11-20/h2-18H,1H3. The number of benzene rings is 4. The van der Waals surface area contributed by atoms with Gasteiger partial charge in [-0.05, 0) is 72.8 Å². The van der Waals surface area contributed by atoms with Gasteiger partial charge in [-0.2, -0.15) is 9.78 Å². The third-order valence-corrected chi connectivity index (χ3v) is 5.87. The molecule has 0 atom stereocenters. The van der Waals surface area contributed by atoms with Crippen LogP contribution in [0.5, 0.6) is 11.5 Å². The van der Waals surface area contributed by atoms with Crippen molar-refractivity contribution in [3.63, 3.8) is 0 Å². The number of nitrogens with zero attached hydrogens (tertiary/aromatic N) is 3. The van der Waals surface area contributed by atoms with Gasteiger partial charge in [0.05, 0.1) is 29.8 Å². The Morgan fingerprint density at radius 3 is 2.38 bits per heavy atom. The van der Waals surface area contributed by atoms with Crippen LogP contribution in [0.3, 0.4) is 0 Å². The normalized spacial score (nSPS) is 11.1. The smallest absolute Gasteiger partial charge is 0.343 e. The number of fused-ring (bicyclic) bond motifs is 1. The van der Waals surface area contributed by atoms with Crippen molar-refractivity contribution in [1.82, 2.24) is 9.66 Å². The minimum atomic E-state index is -0.541. The first kappa shape index (κ1) is 24.0. The molecule has 0 fully saturated rings. The van der Waals surface area contributed by atoms with Crippen molar-refractivity contribution >= 4 is 34.7 Å². The molecule has 8 heteroatoms. The molecule has 5 aromatic rings. The van der Waals surface area contributed by atoms with Crippen molar-refractivity contribution in [1.29, 1.82) is 0 Å². The number of hydrogen-bond acceptors (Lipinski definition) is 6. The maximum absolute atomic E-state index is 13.4. The number of carbonyl (C=O) groups excluding carboxylic acids is 1. The van der Waals surface area contributed by atoms with Crippen LogP contribution in [0.15, 0.2) is 107 Å². The third-order valence-electron chi connectivity index (χ3n) is 5.62. The molecule has 1 aromatic heterocycles. The lowest BCUT2D eigenvalue weighted by atomic mass is 10.2. The summed E-state index contributed by atoms with van der Waals surface area (Å²) in [4.78, 5) is 30.8. The lowest BCUT2D eigenvalue weighted by Gasteiger charge is -2.11. The van der Waals surface area contributed by atoms with Crippen molar-refractivity contribution in [3.05, 3.63) is 124 Å². The largest absolute Gasteiger partial charge is 0.497 e. The number of carbonyl (C=O) groups is 1. The molecular weight excluding hydrogens is 490 g/mol. The summed E-state index contributed by atoms with van der Waals surface area (Å²) in [5.74, 6) is 0.789. The lowest BCUT2D eigenvalue weighted by molar-refractivity contribution is 0.0734. The fourth-order valence-corrected chi connectivity index (χ4v) is 3.83. The molecule has 0 saturated carbocycles. The van der Waals surface area contributed by atoms with E-state index in [0.717, 1.165) is 0 Å². The van der Waals surface area contributed by atoms with E-state index in [1.54, 1.807) is 86.0 Å². The van der Waals surface area contributed by atoms with Gasteiger partial charge in [0.25, 0.3) is 5.56 Å². The highest BCUT2D eigenvalue weighted by Crippen LogP contribution is 2.23. The second-order valence-corrected chi connectivity index (χ2v) is 8.41. The first-order chi connectivity index (χ1) is 18.0. The van der Waals surface area contributed by atoms with E-state index in [4.69, 9.17) is 26.1 Å². The Bertz CT molecular complexity index is 1680. The van der Waals surface area contributed by atoms with Crippen LogP contribution in [0, 0.1) is 0 Å². The van der Waals surface area contributed by atoms with E-state index in [0.29, 0.717) is 49.9 Å². The first-order valence-electron chi connectivity index (χ1n) is 11.3. The van der Waals surface area contributed by atoms with E-state index in [1.807, 2.05) is 18.2 Å². The monoisotopic (exact) mass is 509 g/mol. The molecular formula is C29H20ClN3O4. The molecule has 4 aromatic carbocycles. The number of hydrogen-bond donors (Lipinski definition) is 0. The number of halogens is 1. The van der Waals surface area contributed by atoms with Crippen LogP contribution in [0.1, 0.15) is 15.9 Å². The summed E-state index contributed by atoms with van der Waals surface area (Å²) in [5.41, 5.74) is 1.77. The molecule has 0 N–H and O–H groups in total. The maximum Gasteiger partial charge on any atom is 0.343 e. The van der Waals surface area contributed by atoms with Gasteiger partial charge in [0.1, 0.15) is 11.5 Å². The van der Waals surface area contributed by atoms with Crippen molar-refractivity contribution < 1.29 is 14.3 Å². The maximum atomic E-state index is 13.4. The highest BCUT2D eigenvalue weighted by atomic mass is 35.5. The van der Waals surface area contributed by atoms with Gasteiger partial charge in [0.2, 0.25) is 0 Å². The predicted molar refractivity (Wildman–Crippen MR) is 144 cm³/mol. The zero-order valence-electron chi connectivity index (χ0n) is 19.7. The minimum Gasteiger partial charge on any atom is -0.497 e. The van der Waals surface area contributed by atoms with E-state index in [9.17, 15) is 9.59 Å². The van der Waals surface area contributed by atoms with Crippen LogP contribution in [0.4, 0.5) is 0 Å². The molecule has 0 aliphatic rings. The third kappa shape index (κ3) is 5.12. The number of ether oxygens (including phenoxy) is 2. The topological polar surface area (TPSA) is 82.8 Å². The van der Waals surface area contributed by atoms with Crippen LogP contribution in [0.25, 0.3) is 22.3 Å². The van der Waals surface area contributed by atoms with Crippen molar-refractivity contribution in [2.75, 3.05) is 7.11 Å². The Balaban J connectivity index is 1.56. The summed E-state index contributed by atoms with van der Waals surface area (Å²) in [6.07, 6.45) is 1.47. The van der Waals surface area contributed by atoms with Gasteiger partial charge < -0.3 is 9.47 Å². The molecule has 1 heterocycles. The summed E-state index contributed by atoms with van der Waals surface area (Å²) in [5, 5.41) is 5.42. The molecule has 0 unspecified atom stereocenters. The molecule has 0 spiro atoms. The minimum absolute atomic E-state index is 0.291. The zero-order chi connectivity index (χ0) is 25.8. The van der Waals surface area contributed by atoms with E-state index in [2.05, 4.69) is 5.10 Å². The van der Waals surface area contributed by atoms with Gasteiger partial charge in [0, 0.05) is 16.1 Å². The van der Waals surface area contributed by atoms with Crippen LogP contribution < -0.4 is 15.0 Å². The highest BCUT2D eigenvalue weighted by molar-refractivity contribution is 6.30. The average molecular weight is 510 g/mol. The van der Waals surface area contributed by atoms with Gasteiger partial charge in [-0.15, -0.1) is 0 Å². The highest BCUT2D eigenvalue weighted by Gasteiger charge is 2.14. The van der Waals surface area contributed by atoms with E-state index in [1.165, 1.54) is 10.9 Å². The van der Waals surface area contributed by atoms with Gasteiger partial charge in [-0.3, -0.25) is 4.79 Å². The fourth-order valence-electron chi connectivity index (χ4n) is 3.70. The number of aromatic nitrogens is 2. The van der Waals surface area contributed by atoms with Crippen LogP contribution in [-0.4, -0.2) is 29.0 Å². The predicted octanol–water partition coefficient (Wildman–Crippen LogP) is 5.83. The number of rotatable bonds is 6. The molecule has 0 saturated heterocycles. The fraction of sp³-hybridized carbons (Fsp3) is 0.0345. The van der Waals surface area contributed by atoms with Crippen molar-refractivity contribution in [3.8, 4) is 22.9 Å². The Morgan fingerprint density at radius 2 is 1.62 bits per heavy atom. The molecule has 0 amide bonds. The molecule has 182 valence electrons. The molecule has 0 aliphatic carbocycles. The van der Waals surface area contributed by atoms with Crippen molar-refractivity contribution in [2.45, 2.75) is 0 Å². The van der Waals surface area contributed by atoms with Crippen LogP contribution >= 0.6 is 11.6 Å². The number of esters is 1. The van der Waals surface area contributed by atoms with Gasteiger partial charge in [0.15, 0.2) is 5.82 Å². The second kappa shape index (κ2) is 10.5. The molecule has 7 nitrogen and oxygen atoms in total. The Kier molecular flexibility index (Phi) is 6.78. The Morgan fingerprint density at radius 1 is 0.919 bits per heavy atom. The van der Waals surface area contributed by atoms with E-state index in [-0.39, 0.29) is 5.56 Å². The summed E-state index contributed by atoms with van der Waals surface area (Å²) >= 11 is 5.91. The number of methoxy groups -OCH3 is 1. The van der Waals surface area contributed by atoms with Gasteiger partial charge in [-0.1, -0.05) is 35.9 Å².